The summed E-state index contributed by atoms with van der Waals surface area (Å²) < 4.78 is 0. The van der Waals surface area contributed by atoms with Gasteiger partial charge in [-0.2, -0.15) is 0 Å². The fraction of sp³-hybridized carbons (Fsp3) is 0.818. The molecule has 0 saturated heterocycles. The van der Waals surface area contributed by atoms with E-state index in [2.05, 4.69) is 12.2 Å². The fourth-order valence-corrected chi connectivity index (χ4v) is 1.71. The Labute approximate surface area is 104 Å². The second-order valence-electron chi connectivity index (χ2n) is 4.03. The first-order chi connectivity index (χ1) is 7.49. The van der Waals surface area contributed by atoms with Crippen LogP contribution in [0.2, 0.25) is 0 Å². The molecule has 0 aliphatic carbocycles. The van der Waals surface area contributed by atoms with Gasteiger partial charge in [0.1, 0.15) is 0 Å². The number of carbonyl (C=O) groups excluding carboxylic acids is 1. The van der Waals surface area contributed by atoms with Crippen molar-refractivity contribution in [3.8, 4) is 0 Å². The standard InChI is InChI=1S/C11H23N3OS/c1-4-6-9(3)13-11(15)8-14(5-2)7-10(12)16/h9H,4-8H2,1-3H3,(H2,12,16)(H,13,15). The third-order valence-corrected chi connectivity index (χ3v) is 2.45. The number of thiocarbonyl (C=S) groups is 1. The third-order valence-electron chi connectivity index (χ3n) is 2.32. The van der Waals surface area contributed by atoms with Gasteiger partial charge in [-0.05, 0) is 19.9 Å². The van der Waals surface area contributed by atoms with E-state index in [1.807, 2.05) is 18.7 Å². The lowest BCUT2D eigenvalue weighted by Gasteiger charge is -2.20. The van der Waals surface area contributed by atoms with Crippen molar-refractivity contribution in [2.75, 3.05) is 19.6 Å². The molecule has 0 aliphatic rings. The molecule has 1 unspecified atom stereocenters. The van der Waals surface area contributed by atoms with Gasteiger partial charge in [0.15, 0.2) is 0 Å². The van der Waals surface area contributed by atoms with Crippen molar-refractivity contribution in [3.63, 3.8) is 0 Å². The molecule has 16 heavy (non-hydrogen) atoms. The minimum absolute atomic E-state index is 0.0408. The molecule has 0 aliphatic heterocycles. The Morgan fingerprint density at radius 3 is 2.50 bits per heavy atom. The van der Waals surface area contributed by atoms with Crippen molar-refractivity contribution >= 4 is 23.1 Å². The summed E-state index contributed by atoms with van der Waals surface area (Å²) in [6.07, 6.45) is 2.08. The lowest BCUT2D eigenvalue weighted by Crippen LogP contribution is -2.43. The summed E-state index contributed by atoms with van der Waals surface area (Å²) in [5, 5.41) is 2.95. The molecule has 0 heterocycles. The molecule has 5 heteroatoms. The van der Waals surface area contributed by atoms with Crippen LogP contribution in [0, 0.1) is 0 Å². The average molecular weight is 245 g/mol. The molecule has 1 amide bonds. The zero-order valence-corrected chi connectivity index (χ0v) is 11.3. The van der Waals surface area contributed by atoms with Crippen LogP contribution in [0.5, 0.6) is 0 Å². The van der Waals surface area contributed by atoms with E-state index in [-0.39, 0.29) is 11.9 Å². The van der Waals surface area contributed by atoms with Crippen LogP contribution in [-0.4, -0.2) is 41.5 Å². The summed E-state index contributed by atoms with van der Waals surface area (Å²) in [7, 11) is 0. The van der Waals surface area contributed by atoms with Crippen LogP contribution in [0.15, 0.2) is 0 Å². The highest BCUT2D eigenvalue weighted by molar-refractivity contribution is 7.80. The highest BCUT2D eigenvalue weighted by Gasteiger charge is 2.11. The molecule has 0 bridgehead atoms. The van der Waals surface area contributed by atoms with Gasteiger partial charge >= 0.3 is 0 Å². The first kappa shape index (κ1) is 15.3. The molecule has 0 spiro atoms. The van der Waals surface area contributed by atoms with Gasteiger partial charge in [-0.15, -0.1) is 0 Å². The summed E-state index contributed by atoms with van der Waals surface area (Å²) in [6.45, 7) is 7.75. The predicted octanol–water partition coefficient (Wildman–Crippen LogP) is 0.899. The molecule has 0 aromatic carbocycles. The maximum atomic E-state index is 11.6. The topological polar surface area (TPSA) is 58.4 Å². The smallest absolute Gasteiger partial charge is 0.234 e. The van der Waals surface area contributed by atoms with E-state index >= 15 is 0 Å². The zero-order valence-electron chi connectivity index (χ0n) is 10.5. The largest absolute Gasteiger partial charge is 0.392 e. The molecule has 0 aromatic rings. The van der Waals surface area contributed by atoms with Gasteiger partial charge in [0.25, 0.3) is 0 Å². The lowest BCUT2D eigenvalue weighted by molar-refractivity contribution is -0.122. The molecular formula is C11H23N3OS. The van der Waals surface area contributed by atoms with Gasteiger partial charge in [-0.25, -0.2) is 0 Å². The lowest BCUT2D eigenvalue weighted by atomic mass is 10.2. The quantitative estimate of drug-likeness (QED) is 0.624. The van der Waals surface area contributed by atoms with Gasteiger partial charge in [-0.1, -0.05) is 32.5 Å². The second-order valence-corrected chi connectivity index (χ2v) is 4.55. The average Bonchev–Trinajstić information content (AvgIpc) is 2.15. The van der Waals surface area contributed by atoms with E-state index in [4.69, 9.17) is 18.0 Å². The van der Waals surface area contributed by atoms with Crippen molar-refractivity contribution in [1.82, 2.24) is 10.2 Å². The van der Waals surface area contributed by atoms with Gasteiger partial charge in [0, 0.05) is 12.6 Å². The molecule has 1 atom stereocenters. The third kappa shape index (κ3) is 7.59. The SMILES string of the molecule is CCCC(C)NC(=O)CN(CC)CC(N)=S. The first-order valence-corrected chi connectivity index (χ1v) is 6.20. The van der Waals surface area contributed by atoms with Crippen LogP contribution in [0.25, 0.3) is 0 Å². The molecule has 0 saturated carbocycles. The molecule has 0 aromatic heterocycles. The van der Waals surface area contributed by atoms with Crippen molar-refractivity contribution < 1.29 is 4.79 Å². The molecule has 94 valence electrons. The number of nitrogens with zero attached hydrogens (tertiary/aromatic N) is 1. The normalized spacial score (nSPS) is 12.5. The highest BCUT2D eigenvalue weighted by atomic mass is 32.1. The van der Waals surface area contributed by atoms with Gasteiger partial charge in [-0.3, -0.25) is 9.69 Å². The van der Waals surface area contributed by atoms with Crippen LogP contribution in [0.3, 0.4) is 0 Å². The Morgan fingerprint density at radius 2 is 2.06 bits per heavy atom. The van der Waals surface area contributed by atoms with Crippen LogP contribution in [0.4, 0.5) is 0 Å². The van der Waals surface area contributed by atoms with Gasteiger partial charge in [0.2, 0.25) is 5.91 Å². The summed E-state index contributed by atoms with van der Waals surface area (Å²) >= 11 is 4.82. The fourth-order valence-electron chi connectivity index (χ4n) is 1.53. The van der Waals surface area contributed by atoms with Crippen molar-refractivity contribution in [2.45, 2.75) is 39.7 Å². The number of hydrogen-bond donors (Lipinski definition) is 2. The van der Waals surface area contributed by atoms with Gasteiger partial charge < -0.3 is 11.1 Å². The van der Waals surface area contributed by atoms with E-state index < -0.39 is 0 Å². The molecule has 0 radical (unpaired) electrons. The monoisotopic (exact) mass is 245 g/mol. The number of amides is 1. The number of nitrogens with one attached hydrogen (secondary N) is 1. The minimum atomic E-state index is 0.0408. The number of hydrogen-bond acceptors (Lipinski definition) is 3. The molecule has 3 N–H and O–H groups in total. The van der Waals surface area contributed by atoms with Crippen LogP contribution >= 0.6 is 12.2 Å². The maximum absolute atomic E-state index is 11.6. The van der Waals surface area contributed by atoms with E-state index in [9.17, 15) is 4.79 Å². The Morgan fingerprint density at radius 1 is 1.44 bits per heavy atom. The number of nitrogens with two attached hydrogens (primary N) is 1. The first-order valence-electron chi connectivity index (χ1n) is 5.79. The molecular weight excluding hydrogens is 222 g/mol. The highest BCUT2D eigenvalue weighted by Crippen LogP contribution is 1.95. The van der Waals surface area contributed by atoms with E-state index in [1.54, 1.807) is 0 Å². The summed E-state index contributed by atoms with van der Waals surface area (Å²) in [4.78, 5) is 14.0. The Kier molecular flexibility index (Phi) is 8.11. The number of rotatable bonds is 8. The van der Waals surface area contributed by atoms with Crippen molar-refractivity contribution in [2.24, 2.45) is 5.73 Å². The zero-order chi connectivity index (χ0) is 12.6. The molecule has 0 rings (SSSR count). The minimum Gasteiger partial charge on any atom is -0.392 e. The van der Waals surface area contributed by atoms with Crippen molar-refractivity contribution in [1.29, 1.82) is 0 Å². The number of likely N-dealkylation sites (N-methyl/N-ethyl adjacent to an activating group) is 1. The van der Waals surface area contributed by atoms with E-state index in [1.165, 1.54) is 0 Å². The maximum Gasteiger partial charge on any atom is 0.234 e. The summed E-state index contributed by atoms with van der Waals surface area (Å²) in [5.74, 6) is 0.0408. The predicted molar refractivity (Wildman–Crippen MR) is 71.4 cm³/mol. The Bertz CT molecular complexity index is 233. The van der Waals surface area contributed by atoms with Crippen LogP contribution in [-0.2, 0) is 4.79 Å². The summed E-state index contributed by atoms with van der Waals surface area (Å²) in [6, 6.07) is 0.237. The Hall–Kier alpha value is -0.680. The van der Waals surface area contributed by atoms with Crippen molar-refractivity contribution in [3.05, 3.63) is 0 Å². The van der Waals surface area contributed by atoms with Crippen LogP contribution < -0.4 is 11.1 Å². The second kappa shape index (κ2) is 8.47. The molecule has 4 nitrogen and oxygen atoms in total. The Balaban J connectivity index is 3.95. The van der Waals surface area contributed by atoms with E-state index in [0.717, 1.165) is 19.4 Å². The van der Waals surface area contributed by atoms with E-state index in [0.29, 0.717) is 18.1 Å². The van der Waals surface area contributed by atoms with Crippen LogP contribution in [0.1, 0.15) is 33.6 Å². The molecule has 0 fully saturated rings. The van der Waals surface area contributed by atoms with Gasteiger partial charge in [0.05, 0.1) is 11.5 Å². The summed E-state index contributed by atoms with van der Waals surface area (Å²) in [5.41, 5.74) is 5.45. The number of carbonyl (C=O) groups is 1.